The predicted octanol–water partition coefficient (Wildman–Crippen LogP) is 4.61. The average Bonchev–Trinajstić information content (AvgIpc) is 2.70. The Balaban J connectivity index is 1.88. The second-order valence-electron chi connectivity index (χ2n) is 6.42. The van der Waals surface area contributed by atoms with Crippen molar-refractivity contribution in [1.29, 1.82) is 0 Å². The second-order valence-corrected chi connectivity index (χ2v) is 8.10. The van der Waals surface area contributed by atoms with E-state index in [0.29, 0.717) is 17.8 Å². The first-order valence-corrected chi connectivity index (χ1v) is 10.5. The summed E-state index contributed by atoms with van der Waals surface area (Å²) in [5.74, 6) is -0.367. The molecule has 0 fully saturated rings. The molecule has 3 aromatic carbocycles. The van der Waals surface area contributed by atoms with Crippen molar-refractivity contribution in [2.24, 2.45) is 0 Å². The van der Waals surface area contributed by atoms with Gasteiger partial charge >= 0.3 is 0 Å². The van der Waals surface area contributed by atoms with E-state index >= 15 is 0 Å². The minimum Gasteiger partial charge on any atom is -0.322 e. The summed E-state index contributed by atoms with van der Waals surface area (Å²) in [5, 5.41) is 2.76. The molecule has 0 aliphatic heterocycles. The highest BCUT2D eigenvalue weighted by molar-refractivity contribution is 7.92. The summed E-state index contributed by atoms with van der Waals surface area (Å²) in [6.45, 7) is 3.84. The maximum Gasteiger partial charge on any atom is 0.261 e. The minimum absolute atomic E-state index is 0.0403. The van der Waals surface area contributed by atoms with Gasteiger partial charge in [-0.3, -0.25) is 9.52 Å². The normalized spacial score (nSPS) is 11.1. The van der Waals surface area contributed by atoms with E-state index in [-0.39, 0.29) is 16.4 Å². The molecular formula is C22H22N2O3S. The number of nitrogens with one attached hydrogen (secondary N) is 2. The predicted molar refractivity (Wildman–Crippen MR) is 112 cm³/mol. The number of amides is 1. The maximum atomic E-state index is 12.9. The number of rotatable bonds is 6. The van der Waals surface area contributed by atoms with Crippen molar-refractivity contribution >= 4 is 27.3 Å². The fraction of sp³-hybridized carbons (Fsp3) is 0.136. The van der Waals surface area contributed by atoms with Gasteiger partial charge in [-0.1, -0.05) is 49.4 Å². The summed E-state index contributed by atoms with van der Waals surface area (Å²) >= 11 is 0. The zero-order valence-electron chi connectivity index (χ0n) is 15.8. The zero-order chi connectivity index (χ0) is 20.1. The molecule has 3 rings (SSSR count). The Morgan fingerprint density at radius 1 is 0.929 bits per heavy atom. The number of hydrogen-bond acceptors (Lipinski definition) is 3. The van der Waals surface area contributed by atoms with E-state index in [1.165, 1.54) is 12.1 Å². The van der Waals surface area contributed by atoms with Gasteiger partial charge in [0, 0.05) is 11.3 Å². The molecule has 6 heteroatoms. The first kappa shape index (κ1) is 19.6. The van der Waals surface area contributed by atoms with Gasteiger partial charge in [0.2, 0.25) is 0 Å². The molecule has 0 aliphatic carbocycles. The Morgan fingerprint density at radius 2 is 1.64 bits per heavy atom. The molecule has 0 aliphatic rings. The van der Waals surface area contributed by atoms with Gasteiger partial charge in [-0.25, -0.2) is 8.42 Å². The van der Waals surface area contributed by atoms with Gasteiger partial charge in [-0.2, -0.15) is 0 Å². The number of sulfonamides is 1. The third-order valence-corrected chi connectivity index (χ3v) is 5.76. The first-order valence-electron chi connectivity index (χ1n) is 8.98. The molecule has 3 aromatic rings. The van der Waals surface area contributed by atoms with Crippen LogP contribution in [-0.2, 0) is 16.4 Å². The molecule has 0 spiro atoms. The molecule has 28 heavy (non-hydrogen) atoms. The number of carbonyl (C=O) groups is 1. The monoisotopic (exact) mass is 394 g/mol. The third kappa shape index (κ3) is 4.40. The van der Waals surface area contributed by atoms with Gasteiger partial charge < -0.3 is 5.32 Å². The van der Waals surface area contributed by atoms with Crippen molar-refractivity contribution < 1.29 is 13.2 Å². The highest BCUT2D eigenvalue weighted by Crippen LogP contribution is 2.25. The standard InChI is InChI=1S/C22H22N2O3S/c1-3-17-10-7-9-16(2)21(17)24-28(26,27)20-14-8-11-18(15-20)22(25)23-19-12-5-4-6-13-19/h4-15,24H,3H2,1-2H3,(H,23,25). The van der Waals surface area contributed by atoms with E-state index in [4.69, 9.17) is 0 Å². The van der Waals surface area contributed by atoms with Crippen molar-refractivity contribution in [3.05, 3.63) is 89.5 Å². The van der Waals surface area contributed by atoms with E-state index < -0.39 is 10.0 Å². The van der Waals surface area contributed by atoms with Crippen LogP contribution in [0.4, 0.5) is 11.4 Å². The molecule has 0 saturated heterocycles. The summed E-state index contributed by atoms with van der Waals surface area (Å²) in [6, 6.07) is 20.7. The Kier molecular flexibility index (Phi) is 5.80. The quantitative estimate of drug-likeness (QED) is 0.641. The zero-order valence-corrected chi connectivity index (χ0v) is 16.6. The number of benzene rings is 3. The summed E-state index contributed by atoms with van der Waals surface area (Å²) in [4.78, 5) is 12.5. The molecule has 0 bridgehead atoms. The molecule has 2 N–H and O–H groups in total. The first-order chi connectivity index (χ1) is 13.4. The van der Waals surface area contributed by atoms with Crippen LogP contribution in [0, 0.1) is 6.92 Å². The molecule has 5 nitrogen and oxygen atoms in total. The molecule has 144 valence electrons. The highest BCUT2D eigenvalue weighted by Gasteiger charge is 2.19. The van der Waals surface area contributed by atoms with Gasteiger partial charge in [0.1, 0.15) is 0 Å². The number of carbonyl (C=O) groups excluding carboxylic acids is 1. The van der Waals surface area contributed by atoms with E-state index in [2.05, 4.69) is 10.0 Å². The van der Waals surface area contributed by atoms with Gasteiger partial charge in [-0.15, -0.1) is 0 Å². The van der Waals surface area contributed by atoms with Crippen LogP contribution >= 0.6 is 0 Å². The summed E-state index contributed by atoms with van der Waals surface area (Å²) in [7, 11) is -3.83. The van der Waals surface area contributed by atoms with Gasteiger partial charge in [0.05, 0.1) is 10.6 Å². The average molecular weight is 394 g/mol. The van der Waals surface area contributed by atoms with Crippen LogP contribution in [0.2, 0.25) is 0 Å². The lowest BCUT2D eigenvalue weighted by molar-refractivity contribution is 0.102. The van der Waals surface area contributed by atoms with E-state index in [1.807, 2.05) is 50.2 Å². The van der Waals surface area contributed by atoms with Crippen LogP contribution in [0.5, 0.6) is 0 Å². The van der Waals surface area contributed by atoms with Crippen molar-refractivity contribution in [2.45, 2.75) is 25.2 Å². The van der Waals surface area contributed by atoms with Crippen LogP contribution in [0.1, 0.15) is 28.4 Å². The van der Waals surface area contributed by atoms with E-state index in [0.717, 1.165) is 11.1 Å². The lowest BCUT2D eigenvalue weighted by atomic mass is 10.1. The molecule has 1 amide bonds. The number of hydrogen-bond donors (Lipinski definition) is 2. The lowest BCUT2D eigenvalue weighted by Crippen LogP contribution is -2.17. The van der Waals surface area contributed by atoms with E-state index in [9.17, 15) is 13.2 Å². The molecule has 0 atom stereocenters. The summed E-state index contributed by atoms with van der Waals surface area (Å²) in [6.07, 6.45) is 0.707. The maximum absolute atomic E-state index is 12.9. The lowest BCUT2D eigenvalue weighted by Gasteiger charge is -2.15. The Morgan fingerprint density at radius 3 is 2.36 bits per heavy atom. The molecule has 0 saturated carbocycles. The van der Waals surface area contributed by atoms with Gasteiger partial charge in [-0.05, 0) is 54.8 Å². The largest absolute Gasteiger partial charge is 0.322 e. The summed E-state index contributed by atoms with van der Waals surface area (Å²) in [5.41, 5.74) is 3.27. The smallest absolute Gasteiger partial charge is 0.261 e. The van der Waals surface area contributed by atoms with Crippen LogP contribution in [0.3, 0.4) is 0 Å². The van der Waals surface area contributed by atoms with Crippen molar-refractivity contribution in [2.75, 3.05) is 10.0 Å². The SMILES string of the molecule is CCc1cccc(C)c1NS(=O)(=O)c1cccc(C(=O)Nc2ccccc2)c1. The van der Waals surface area contributed by atoms with Crippen LogP contribution in [0.15, 0.2) is 77.7 Å². The Bertz CT molecular complexity index is 1090. The molecule has 0 radical (unpaired) electrons. The summed E-state index contributed by atoms with van der Waals surface area (Å²) < 4.78 is 28.5. The van der Waals surface area contributed by atoms with Gasteiger partial charge in [0.25, 0.3) is 15.9 Å². The molecule has 0 unspecified atom stereocenters. The number of aryl methyl sites for hydroxylation is 2. The fourth-order valence-electron chi connectivity index (χ4n) is 2.89. The van der Waals surface area contributed by atoms with Gasteiger partial charge in [0.15, 0.2) is 0 Å². The third-order valence-electron chi connectivity index (χ3n) is 4.41. The minimum atomic E-state index is -3.83. The number of para-hydroxylation sites is 2. The Hall–Kier alpha value is -3.12. The second kappa shape index (κ2) is 8.27. The van der Waals surface area contributed by atoms with Crippen molar-refractivity contribution in [1.82, 2.24) is 0 Å². The van der Waals surface area contributed by atoms with E-state index in [1.54, 1.807) is 24.3 Å². The van der Waals surface area contributed by atoms with Crippen LogP contribution in [-0.4, -0.2) is 14.3 Å². The topological polar surface area (TPSA) is 75.3 Å². The molecule has 0 aromatic heterocycles. The Labute approximate surface area is 165 Å². The van der Waals surface area contributed by atoms with Crippen LogP contribution in [0.25, 0.3) is 0 Å². The molecule has 0 heterocycles. The van der Waals surface area contributed by atoms with Crippen molar-refractivity contribution in [3.63, 3.8) is 0 Å². The molecular weight excluding hydrogens is 372 g/mol. The van der Waals surface area contributed by atoms with Crippen molar-refractivity contribution in [3.8, 4) is 0 Å². The number of anilines is 2. The fourth-order valence-corrected chi connectivity index (χ4v) is 4.11. The van der Waals surface area contributed by atoms with Crippen LogP contribution < -0.4 is 10.0 Å². The highest BCUT2D eigenvalue weighted by atomic mass is 32.2.